The summed E-state index contributed by atoms with van der Waals surface area (Å²) in [5, 5.41) is 4.17. The normalized spacial score (nSPS) is 10.7. The zero-order valence-corrected chi connectivity index (χ0v) is 12.9. The molecular weight excluding hydrogens is 258 g/mol. The average Bonchev–Trinajstić information content (AvgIpc) is 2.43. The molecule has 3 heteroatoms. The molecule has 1 N–H and O–H groups in total. The zero-order chi connectivity index (χ0) is 13.9. The van der Waals surface area contributed by atoms with Crippen LogP contribution in [0.15, 0.2) is 18.2 Å². The largest absolute Gasteiger partial charge is 0.494 e. The molecule has 0 heterocycles. The van der Waals surface area contributed by atoms with Crippen molar-refractivity contribution in [2.75, 3.05) is 19.7 Å². The quantitative estimate of drug-likeness (QED) is 0.641. The molecule has 0 aromatic heterocycles. The molecule has 1 aromatic carbocycles. The summed E-state index contributed by atoms with van der Waals surface area (Å²) in [6, 6.07) is 5.92. The van der Waals surface area contributed by atoms with E-state index in [0.29, 0.717) is 0 Å². The van der Waals surface area contributed by atoms with Gasteiger partial charge in [-0.05, 0) is 56.1 Å². The van der Waals surface area contributed by atoms with Crippen LogP contribution in [0.4, 0.5) is 0 Å². The Morgan fingerprint density at radius 3 is 2.63 bits per heavy atom. The fourth-order valence-electron chi connectivity index (χ4n) is 1.98. The summed E-state index contributed by atoms with van der Waals surface area (Å²) in [5.41, 5.74) is 1.16. The van der Waals surface area contributed by atoms with Crippen molar-refractivity contribution in [3.8, 4) is 5.75 Å². The van der Waals surface area contributed by atoms with Gasteiger partial charge < -0.3 is 10.1 Å². The maximum absolute atomic E-state index is 6.08. The van der Waals surface area contributed by atoms with Gasteiger partial charge in [0.1, 0.15) is 5.75 Å². The van der Waals surface area contributed by atoms with Crippen LogP contribution < -0.4 is 10.1 Å². The molecule has 0 aliphatic heterocycles. The lowest BCUT2D eigenvalue weighted by Gasteiger charge is -2.08. The van der Waals surface area contributed by atoms with Crippen molar-refractivity contribution in [3.05, 3.63) is 28.8 Å². The van der Waals surface area contributed by atoms with E-state index in [9.17, 15) is 0 Å². The molecule has 0 fully saturated rings. The lowest BCUT2D eigenvalue weighted by atomic mass is 10.1. The van der Waals surface area contributed by atoms with E-state index in [1.807, 2.05) is 18.2 Å². The summed E-state index contributed by atoms with van der Waals surface area (Å²) in [4.78, 5) is 0. The highest BCUT2D eigenvalue weighted by atomic mass is 35.5. The van der Waals surface area contributed by atoms with Crippen LogP contribution in [0.25, 0.3) is 0 Å². The van der Waals surface area contributed by atoms with Crippen molar-refractivity contribution >= 4 is 11.6 Å². The molecule has 1 aromatic rings. The predicted molar refractivity (Wildman–Crippen MR) is 83.3 cm³/mol. The number of aryl methyl sites for hydroxylation is 1. The molecule has 0 radical (unpaired) electrons. The summed E-state index contributed by atoms with van der Waals surface area (Å²) in [7, 11) is 0. The van der Waals surface area contributed by atoms with Crippen LogP contribution in [-0.4, -0.2) is 19.7 Å². The molecule has 0 unspecified atom stereocenters. The average molecular weight is 284 g/mol. The Hall–Kier alpha value is -0.730. The van der Waals surface area contributed by atoms with Crippen LogP contribution in [0, 0.1) is 0 Å². The second-order valence-electron chi connectivity index (χ2n) is 4.72. The molecule has 0 aliphatic rings. The molecule has 0 atom stereocenters. The SMILES string of the molecule is CCNCCCCCCOc1ccc(Cl)c(CC)c1. The van der Waals surface area contributed by atoms with Gasteiger partial charge in [0, 0.05) is 5.02 Å². The third-order valence-electron chi connectivity index (χ3n) is 3.16. The van der Waals surface area contributed by atoms with E-state index >= 15 is 0 Å². The number of halogens is 1. The van der Waals surface area contributed by atoms with Crippen molar-refractivity contribution in [1.82, 2.24) is 5.32 Å². The van der Waals surface area contributed by atoms with E-state index in [1.54, 1.807) is 0 Å². The van der Waals surface area contributed by atoms with Gasteiger partial charge in [-0.3, -0.25) is 0 Å². The molecule has 108 valence electrons. The number of ether oxygens (including phenoxy) is 1. The third kappa shape index (κ3) is 6.84. The summed E-state index contributed by atoms with van der Waals surface area (Å²) < 4.78 is 5.76. The summed E-state index contributed by atoms with van der Waals surface area (Å²) in [6.45, 7) is 7.25. The van der Waals surface area contributed by atoms with Gasteiger partial charge in [-0.25, -0.2) is 0 Å². The van der Waals surface area contributed by atoms with Crippen LogP contribution in [0.5, 0.6) is 5.75 Å². The monoisotopic (exact) mass is 283 g/mol. The lowest BCUT2D eigenvalue weighted by molar-refractivity contribution is 0.304. The molecule has 19 heavy (non-hydrogen) atoms. The van der Waals surface area contributed by atoms with Gasteiger partial charge in [-0.2, -0.15) is 0 Å². The van der Waals surface area contributed by atoms with Crippen molar-refractivity contribution < 1.29 is 4.74 Å². The van der Waals surface area contributed by atoms with Crippen LogP contribution in [0.2, 0.25) is 5.02 Å². The van der Waals surface area contributed by atoms with E-state index in [0.717, 1.165) is 48.9 Å². The Labute approximate surface area is 122 Å². The second kappa shape index (κ2) is 10.1. The van der Waals surface area contributed by atoms with Gasteiger partial charge in [-0.15, -0.1) is 0 Å². The fraction of sp³-hybridized carbons (Fsp3) is 0.625. The van der Waals surface area contributed by atoms with Gasteiger partial charge in [0.2, 0.25) is 0 Å². The smallest absolute Gasteiger partial charge is 0.119 e. The summed E-state index contributed by atoms with van der Waals surface area (Å²) in [5.74, 6) is 0.939. The number of hydrogen-bond acceptors (Lipinski definition) is 2. The molecule has 1 rings (SSSR count). The van der Waals surface area contributed by atoms with Gasteiger partial charge >= 0.3 is 0 Å². The molecule has 0 amide bonds. The predicted octanol–water partition coefficient (Wildman–Crippen LogP) is 4.45. The molecule has 0 bridgehead atoms. The topological polar surface area (TPSA) is 21.3 Å². The zero-order valence-electron chi connectivity index (χ0n) is 12.2. The molecular formula is C16H26ClNO. The Bertz CT molecular complexity index is 355. The minimum Gasteiger partial charge on any atom is -0.494 e. The first-order chi connectivity index (χ1) is 9.27. The Kier molecular flexibility index (Phi) is 8.68. The van der Waals surface area contributed by atoms with Crippen molar-refractivity contribution in [3.63, 3.8) is 0 Å². The first-order valence-corrected chi connectivity index (χ1v) is 7.77. The highest BCUT2D eigenvalue weighted by molar-refractivity contribution is 6.31. The lowest BCUT2D eigenvalue weighted by Crippen LogP contribution is -2.13. The van der Waals surface area contributed by atoms with E-state index in [-0.39, 0.29) is 0 Å². The summed E-state index contributed by atoms with van der Waals surface area (Å²) >= 11 is 6.08. The van der Waals surface area contributed by atoms with Crippen molar-refractivity contribution in [2.45, 2.75) is 46.0 Å². The maximum Gasteiger partial charge on any atom is 0.119 e. The van der Waals surface area contributed by atoms with Gasteiger partial charge in [0.25, 0.3) is 0 Å². The van der Waals surface area contributed by atoms with Crippen molar-refractivity contribution in [2.24, 2.45) is 0 Å². The van der Waals surface area contributed by atoms with Crippen LogP contribution in [-0.2, 0) is 6.42 Å². The maximum atomic E-state index is 6.08. The van der Waals surface area contributed by atoms with Gasteiger partial charge in [-0.1, -0.05) is 38.3 Å². The van der Waals surface area contributed by atoms with Crippen LogP contribution >= 0.6 is 11.6 Å². The fourth-order valence-corrected chi connectivity index (χ4v) is 2.24. The molecule has 2 nitrogen and oxygen atoms in total. The molecule has 0 saturated heterocycles. The highest BCUT2D eigenvalue weighted by Crippen LogP contribution is 2.22. The minimum absolute atomic E-state index is 0.798. The third-order valence-corrected chi connectivity index (χ3v) is 3.53. The Balaban J connectivity index is 2.12. The van der Waals surface area contributed by atoms with E-state index < -0.39 is 0 Å². The summed E-state index contributed by atoms with van der Waals surface area (Å²) in [6.07, 6.45) is 5.84. The standard InChI is InChI=1S/C16H26ClNO/c1-3-14-13-15(9-10-16(14)17)19-12-8-6-5-7-11-18-4-2/h9-10,13,18H,3-8,11-12H2,1-2H3. The van der Waals surface area contributed by atoms with Gasteiger partial charge in [0.05, 0.1) is 6.61 Å². The van der Waals surface area contributed by atoms with Crippen molar-refractivity contribution in [1.29, 1.82) is 0 Å². The highest BCUT2D eigenvalue weighted by Gasteiger charge is 2.01. The minimum atomic E-state index is 0.798. The van der Waals surface area contributed by atoms with E-state index in [4.69, 9.17) is 16.3 Å². The molecule has 0 saturated carbocycles. The Morgan fingerprint density at radius 1 is 1.11 bits per heavy atom. The van der Waals surface area contributed by atoms with E-state index in [2.05, 4.69) is 19.2 Å². The molecule has 0 aliphatic carbocycles. The number of hydrogen-bond donors (Lipinski definition) is 1. The van der Waals surface area contributed by atoms with Crippen LogP contribution in [0.3, 0.4) is 0 Å². The molecule has 0 spiro atoms. The second-order valence-corrected chi connectivity index (χ2v) is 5.13. The van der Waals surface area contributed by atoms with Crippen LogP contribution in [0.1, 0.15) is 45.1 Å². The Morgan fingerprint density at radius 2 is 1.89 bits per heavy atom. The number of nitrogens with one attached hydrogen (secondary N) is 1. The number of unbranched alkanes of at least 4 members (excludes halogenated alkanes) is 3. The van der Waals surface area contributed by atoms with Gasteiger partial charge in [0.15, 0.2) is 0 Å². The first kappa shape index (κ1) is 16.3. The first-order valence-electron chi connectivity index (χ1n) is 7.39. The van der Waals surface area contributed by atoms with E-state index in [1.165, 1.54) is 19.3 Å². The number of benzene rings is 1. The number of rotatable bonds is 10.